The third-order valence-electron chi connectivity index (χ3n) is 2.86. The summed E-state index contributed by atoms with van der Waals surface area (Å²) in [7, 11) is -1.44. The Morgan fingerprint density at radius 3 is 2.50 bits per heavy atom. The van der Waals surface area contributed by atoms with Crippen molar-refractivity contribution in [2.24, 2.45) is 0 Å². The molecule has 0 aliphatic carbocycles. The summed E-state index contributed by atoms with van der Waals surface area (Å²) >= 11 is 3.28. The normalized spacial score (nSPS) is 19.0. The van der Waals surface area contributed by atoms with E-state index < -0.39 is 10.0 Å². The van der Waals surface area contributed by atoms with E-state index in [0.717, 1.165) is 17.6 Å². The fourth-order valence-corrected chi connectivity index (χ4v) is 3.47. The summed E-state index contributed by atoms with van der Waals surface area (Å²) in [5.41, 5.74) is 0. The predicted molar refractivity (Wildman–Crippen MR) is 73.5 cm³/mol. The lowest BCUT2D eigenvalue weighted by Gasteiger charge is -2.32. The Labute approximate surface area is 116 Å². The number of nitrogens with zero attached hydrogens (tertiary/aromatic N) is 2. The Morgan fingerprint density at radius 1 is 1.22 bits per heavy atom. The molecule has 1 N–H and O–H groups in total. The molecule has 1 fully saturated rings. The summed E-state index contributed by atoms with van der Waals surface area (Å²) in [6.45, 7) is 3.12. The van der Waals surface area contributed by atoms with Gasteiger partial charge in [-0.1, -0.05) is 22.0 Å². The van der Waals surface area contributed by atoms with Crippen molar-refractivity contribution in [2.45, 2.75) is 4.90 Å². The monoisotopic (exact) mass is 333 g/mol. The zero-order chi connectivity index (χ0) is 13.2. The first-order valence-electron chi connectivity index (χ1n) is 5.69. The van der Waals surface area contributed by atoms with E-state index in [1.54, 1.807) is 29.3 Å². The highest BCUT2D eigenvalue weighted by atomic mass is 79.9. The van der Waals surface area contributed by atoms with Crippen molar-refractivity contribution in [1.29, 1.82) is 0 Å². The number of benzene rings is 1. The molecule has 0 spiro atoms. The van der Waals surface area contributed by atoms with Gasteiger partial charge in [0.25, 0.3) is 10.0 Å². The van der Waals surface area contributed by atoms with E-state index in [2.05, 4.69) is 25.7 Å². The lowest BCUT2D eigenvalue weighted by Crippen LogP contribution is -2.52. The summed E-state index contributed by atoms with van der Waals surface area (Å²) in [5, 5.41) is 1.75. The number of hydrogen-bond donors (Lipinski definition) is 1. The fraction of sp³-hybridized carbons (Fsp3) is 0.455. The third kappa shape index (κ3) is 3.52. The minimum Gasteiger partial charge on any atom is -0.304 e. The van der Waals surface area contributed by atoms with E-state index in [1.807, 2.05) is 7.05 Å². The molecule has 1 heterocycles. The quantitative estimate of drug-likeness (QED) is 0.892. The van der Waals surface area contributed by atoms with Gasteiger partial charge in [0.1, 0.15) is 0 Å². The molecule has 0 aromatic heterocycles. The molecule has 0 radical (unpaired) electrons. The molecule has 1 aromatic rings. The number of sulfonamides is 1. The van der Waals surface area contributed by atoms with Gasteiger partial charge in [0, 0.05) is 30.7 Å². The standard InChI is InChI=1S/C11H16BrN3O2S/c1-14-5-7-15(8-6-14)13-18(16,17)11-4-2-3-10(12)9-11/h2-4,9,13H,5-8H2,1H3. The van der Waals surface area contributed by atoms with Crippen molar-refractivity contribution in [2.75, 3.05) is 33.2 Å². The van der Waals surface area contributed by atoms with Crippen LogP contribution in [0.15, 0.2) is 33.6 Å². The van der Waals surface area contributed by atoms with Gasteiger partial charge in [-0.15, -0.1) is 4.83 Å². The molecule has 1 aromatic carbocycles. The summed E-state index contributed by atoms with van der Waals surface area (Å²) in [4.78, 5) is 5.06. The molecule has 0 amide bonds. The first-order valence-corrected chi connectivity index (χ1v) is 7.96. The molecule has 0 atom stereocenters. The van der Waals surface area contributed by atoms with Crippen LogP contribution >= 0.6 is 15.9 Å². The zero-order valence-electron chi connectivity index (χ0n) is 10.1. The van der Waals surface area contributed by atoms with Crippen molar-refractivity contribution in [1.82, 2.24) is 14.7 Å². The van der Waals surface area contributed by atoms with Crippen LogP contribution in [0.2, 0.25) is 0 Å². The second kappa shape index (κ2) is 5.66. The van der Waals surface area contributed by atoms with Gasteiger partial charge in [-0.3, -0.25) is 0 Å². The lowest BCUT2D eigenvalue weighted by atomic mass is 10.4. The number of halogens is 1. The molecule has 1 aliphatic rings. The number of nitrogens with one attached hydrogen (secondary N) is 1. The van der Waals surface area contributed by atoms with Gasteiger partial charge in [0.2, 0.25) is 0 Å². The second-order valence-electron chi connectivity index (χ2n) is 4.34. The highest BCUT2D eigenvalue weighted by Gasteiger charge is 2.21. The van der Waals surface area contributed by atoms with Crippen LogP contribution in [0.3, 0.4) is 0 Å². The number of likely N-dealkylation sites (N-methyl/N-ethyl adjacent to an activating group) is 1. The van der Waals surface area contributed by atoms with Crippen LogP contribution in [-0.4, -0.2) is 51.6 Å². The van der Waals surface area contributed by atoms with Crippen LogP contribution in [0.5, 0.6) is 0 Å². The zero-order valence-corrected chi connectivity index (χ0v) is 12.5. The minimum absolute atomic E-state index is 0.274. The Kier molecular flexibility index (Phi) is 4.39. The SMILES string of the molecule is CN1CCN(NS(=O)(=O)c2cccc(Br)c2)CC1. The van der Waals surface area contributed by atoms with Crippen molar-refractivity contribution in [3.63, 3.8) is 0 Å². The first-order chi connectivity index (χ1) is 8.47. The molecule has 18 heavy (non-hydrogen) atoms. The van der Waals surface area contributed by atoms with Gasteiger partial charge in [-0.05, 0) is 25.2 Å². The fourth-order valence-electron chi connectivity index (χ4n) is 1.75. The van der Waals surface area contributed by atoms with E-state index in [4.69, 9.17) is 0 Å². The summed E-state index contributed by atoms with van der Waals surface area (Å²) in [6, 6.07) is 6.69. The predicted octanol–water partition coefficient (Wildman–Crippen LogP) is 0.890. The van der Waals surface area contributed by atoms with Crippen molar-refractivity contribution >= 4 is 26.0 Å². The smallest absolute Gasteiger partial charge is 0.253 e. The van der Waals surface area contributed by atoms with E-state index in [-0.39, 0.29) is 4.90 Å². The maximum Gasteiger partial charge on any atom is 0.253 e. The molecule has 0 saturated carbocycles. The molecule has 1 aliphatic heterocycles. The molecule has 5 nitrogen and oxygen atoms in total. The lowest BCUT2D eigenvalue weighted by molar-refractivity contribution is 0.135. The van der Waals surface area contributed by atoms with Crippen LogP contribution in [0.25, 0.3) is 0 Å². The molecule has 0 unspecified atom stereocenters. The van der Waals surface area contributed by atoms with Gasteiger partial charge in [0.05, 0.1) is 4.90 Å². The van der Waals surface area contributed by atoms with Crippen molar-refractivity contribution < 1.29 is 8.42 Å². The summed E-state index contributed by atoms with van der Waals surface area (Å²) in [6.07, 6.45) is 0. The average Bonchev–Trinajstić information content (AvgIpc) is 2.32. The first kappa shape index (κ1) is 14.0. The number of hydrazine groups is 1. The average molecular weight is 334 g/mol. The van der Waals surface area contributed by atoms with E-state index in [9.17, 15) is 8.42 Å². The summed E-state index contributed by atoms with van der Waals surface area (Å²) in [5.74, 6) is 0. The third-order valence-corrected chi connectivity index (χ3v) is 4.73. The Bertz CT molecular complexity index is 513. The van der Waals surface area contributed by atoms with Crippen LogP contribution < -0.4 is 4.83 Å². The number of piperazine rings is 1. The number of rotatable bonds is 3. The highest BCUT2D eigenvalue weighted by molar-refractivity contribution is 9.10. The molecule has 100 valence electrons. The molecule has 2 rings (SSSR count). The Balaban J connectivity index is 2.08. The highest BCUT2D eigenvalue weighted by Crippen LogP contribution is 2.16. The van der Waals surface area contributed by atoms with Gasteiger partial charge in [0.15, 0.2) is 0 Å². The van der Waals surface area contributed by atoms with Crippen molar-refractivity contribution in [3.8, 4) is 0 Å². The summed E-state index contributed by atoms with van der Waals surface area (Å²) < 4.78 is 25.0. The van der Waals surface area contributed by atoms with Gasteiger partial charge < -0.3 is 4.90 Å². The molecule has 7 heteroatoms. The topological polar surface area (TPSA) is 52.6 Å². The van der Waals surface area contributed by atoms with Crippen molar-refractivity contribution in [3.05, 3.63) is 28.7 Å². The largest absolute Gasteiger partial charge is 0.304 e. The van der Waals surface area contributed by atoms with E-state index in [1.165, 1.54) is 0 Å². The van der Waals surface area contributed by atoms with Crippen LogP contribution in [0.4, 0.5) is 0 Å². The molecule has 0 bridgehead atoms. The molecule has 1 saturated heterocycles. The van der Waals surface area contributed by atoms with Crippen LogP contribution in [0, 0.1) is 0 Å². The minimum atomic E-state index is -3.47. The van der Waals surface area contributed by atoms with Crippen LogP contribution in [0.1, 0.15) is 0 Å². The number of hydrogen-bond acceptors (Lipinski definition) is 4. The molecular weight excluding hydrogens is 318 g/mol. The molecular formula is C11H16BrN3O2S. The van der Waals surface area contributed by atoms with E-state index in [0.29, 0.717) is 13.1 Å². The van der Waals surface area contributed by atoms with Gasteiger partial charge in [-0.25, -0.2) is 13.4 Å². The van der Waals surface area contributed by atoms with Gasteiger partial charge in [-0.2, -0.15) is 0 Å². The Morgan fingerprint density at radius 2 is 1.89 bits per heavy atom. The maximum absolute atomic E-state index is 12.1. The van der Waals surface area contributed by atoms with Gasteiger partial charge >= 0.3 is 0 Å². The van der Waals surface area contributed by atoms with Crippen LogP contribution in [-0.2, 0) is 10.0 Å². The van der Waals surface area contributed by atoms with E-state index >= 15 is 0 Å². The maximum atomic E-state index is 12.1. The Hall–Kier alpha value is -0.470. The second-order valence-corrected chi connectivity index (χ2v) is 6.92.